The van der Waals surface area contributed by atoms with E-state index in [0.29, 0.717) is 0 Å². The van der Waals surface area contributed by atoms with Gasteiger partial charge in [-0.2, -0.15) is 0 Å². The second-order valence-corrected chi connectivity index (χ2v) is 7.46. The lowest BCUT2D eigenvalue weighted by Gasteiger charge is -2.25. The molecule has 24 heavy (non-hydrogen) atoms. The first kappa shape index (κ1) is 15.4. The van der Waals surface area contributed by atoms with Gasteiger partial charge in [0.25, 0.3) is 5.91 Å². The molecule has 4 rings (SSSR count). The maximum atomic E-state index is 12.6. The second kappa shape index (κ2) is 6.42. The molecule has 0 fully saturated rings. The van der Waals surface area contributed by atoms with Crippen molar-refractivity contribution in [1.82, 2.24) is 5.32 Å². The Labute approximate surface area is 146 Å². The van der Waals surface area contributed by atoms with E-state index in [1.807, 2.05) is 30.4 Å². The minimum atomic E-state index is -0.153. The number of likely N-dealkylation sites (N-methyl/N-ethyl adjacent to an activating group) is 1. The zero-order chi connectivity index (χ0) is 16.5. The lowest BCUT2D eigenvalue weighted by Crippen LogP contribution is -3.11. The largest absolute Gasteiger partial charge is 0.353 e. The Morgan fingerprint density at radius 2 is 2.12 bits per heavy atom. The van der Waals surface area contributed by atoms with Crippen LogP contribution in [-0.4, -0.2) is 25.2 Å². The average molecular weight is 340 g/mol. The van der Waals surface area contributed by atoms with Crippen molar-refractivity contribution in [3.63, 3.8) is 0 Å². The van der Waals surface area contributed by atoms with E-state index in [9.17, 15) is 4.79 Å². The fourth-order valence-corrected chi connectivity index (χ4v) is 4.79. The number of hydrogen-bond donors (Lipinski definition) is 3. The highest BCUT2D eigenvalue weighted by molar-refractivity contribution is 7.16. The molecule has 0 saturated heterocycles. The number of benzene rings is 1. The second-order valence-electron chi connectivity index (χ2n) is 6.35. The van der Waals surface area contributed by atoms with E-state index in [1.54, 1.807) is 16.2 Å². The summed E-state index contributed by atoms with van der Waals surface area (Å²) in [5.41, 5.74) is 3.28. The van der Waals surface area contributed by atoms with E-state index in [0.717, 1.165) is 42.2 Å². The number of nitrogens with one attached hydrogen (secondary N) is 3. The fraction of sp³-hybridized carbons (Fsp3) is 0.316. The molecule has 1 amide bonds. The molecular weight excluding hydrogens is 318 g/mol. The van der Waals surface area contributed by atoms with Gasteiger partial charge < -0.3 is 15.5 Å². The molecule has 1 aromatic carbocycles. The molecule has 1 aromatic heterocycles. The van der Waals surface area contributed by atoms with Crippen LogP contribution >= 0.6 is 11.3 Å². The Balaban J connectivity index is 1.56. The molecule has 0 aliphatic carbocycles. The first-order chi connectivity index (χ1) is 11.7. The molecule has 5 heteroatoms. The van der Waals surface area contributed by atoms with Crippen LogP contribution in [0.5, 0.6) is 0 Å². The molecule has 0 bridgehead atoms. The van der Waals surface area contributed by atoms with Crippen LogP contribution in [0.4, 0.5) is 5.00 Å². The average Bonchev–Trinajstić information content (AvgIpc) is 2.98. The van der Waals surface area contributed by atoms with Gasteiger partial charge in [0, 0.05) is 6.42 Å². The fourth-order valence-electron chi connectivity index (χ4n) is 3.44. The van der Waals surface area contributed by atoms with Crippen molar-refractivity contribution in [2.75, 3.05) is 18.4 Å². The summed E-state index contributed by atoms with van der Waals surface area (Å²) in [6.45, 7) is 5.54. The summed E-state index contributed by atoms with van der Waals surface area (Å²) in [6, 6.07) is 10.1. The van der Waals surface area contributed by atoms with E-state index in [-0.39, 0.29) is 12.1 Å². The molecule has 0 saturated carbocycles. The quantitative estimate of drug-likeness (QED) is 0.799. The molecule has 1 unspecified atom stereocenters. The maximum absolute atomic E-state index is 12.6. The van der Waals surface area contributed by atoms with Gasteiger partial charge in [-0.05, 0) is 24.1 Å². The summed E-state index contributed by atoms with van der Waals surface area (Å²) in [6.07, 6.45) is 4.90. The maximum Gasteiger partial charge on any atom is 0.256 e. The molecular formula is C19H22N3OS+. The van der Waals surface area contributed by atoms with E-state index in [1.165, 1.54) is 10.4 Å². The highest BCUT2D eigenvalue weighted by Gasteiger charge is 2.33. The molecule has 0 radical (unpaired) electrons. The third-order valence-electron chi connectivity index (χ3n) is 4.81. The predicted molar refractivity (Wildman–Crippen MR) is 98.5 cm³/mol. The van der Waals surface area contributed by atoms with Crippen LogP contribution in [0.15, 0.2) is 36.4 Å². The van der Waals surface area contributed by atoms with Crippen molar-refractivity contribution in [2.45, 2.75) is 26.1 Å². The third kappa shape index (κ3) is 2.85. The Morgan fingerprint density at radius 3 is 2.92 bits per heavy atom. The smallest absolute Gasteiger partial charge is 0.256 e. The van der Waals surface area contributed by atoms with Crippen LogP contribution in [0.25, 0.3) is 6.08 Å². The molecule has 3 heterocycles. The molecule has 2 aromatic rings. The number of quaternary nitrogens is 1. The number of carbonyl (C=O) groups excluding carboxylic acids is 1. The molecule has 4 nitrogen and oxygen atoms in total. The zero-order valence-electron chi connectivity index (χ0n) is 13.8. The monoisotopic (exact) mass is 340 g/mol. The Morgan fingerprint density at radius 1 is 1.29 bits per heavy atom. The van der Waals surface area contributed by atoms with Crippen LogP contribution in [0.1, 0.15) is 33.3 Å². The van der Waals surface area contributed by atoms with Gasteiger partial charge in [-0.3, -0.25) is 4.79 Å². The predicted octanol–water partition coefficient (Wildman–Crippen LogP) is 1.90. The van der Waals surface area contributed by atoms with Crippen molar-refractivity contribution in [3.8, 4) is 0 Å². The van der Waals surface area contributed by atoms with E-state index in [2.05, 4.69) is 29.7 Å². The number of rotatable bonds is 3. The zero-order valence-corrected chi connectivity index (χ0v) is 14.6. The van der Waals surface area contributed by atoms with Crippen LogP contribution in [0, 0.1) is 0 Å². The van der Waals surface area contributed by atoms with E-state index in [4.69, 9.17) is 0 Å². The van der Waals surface area contributed by atoms with E-state index < -0.39 is 0 Å². The standard InChI is InChI=1S/C19H21N3OS/c1-2-22-11-10-14-15(12-22)24-19-17(14)18(23)20-16(21-19)9-8-13-6-4-3-5-7-13/h3-9,16,21H,2,10-12H2,1H3,(H,20,23)/p+1/b9-8-/t16-/m0/s1. The summed E-state index contributed by atoms with van der Waals surface area (Å²) >= 11 is 1.76. The van der Waals surface area contributed by atoms with Crippen LogP contribution in [0.3, 0.4) is 0 Å². The summed E-state index contributed by atoms with van der Waals surface area (Å²) in [5.74, 6) is 0.0592. The van der Waals surface area contributed by atoms with Gasteiger partial charge in [0.15, 0.2) is 0 Å². The number of hydrogen-bond acceptors (Lipinski definition) is 3. The lowest BCUT2D eigenvalue weighted by molar-refractivity contribution is -0.913. The summed E-state index contributed by atoms with van der Waals surface area (Å²) in [5, 5.41) is 7.58. The Kier molecular flexibility index (Phi) is 4.12. The first-order valence-electron chi connectivity index (χ1n) is 8.53. The summed E-state index contributed by atoms with van der Waals surface area (Å²) in [7, 11) is 0. The Bertz CT molecular complexity index is 781. The number of fused-ring (bicyclic) bond motifs is 3. The van der Waals surface area contributed by atoms with Crippen molar-refractivity contribution < 1.29 is 9.69 Å². The Hall–Kier alpha value is -2.11. The van der Waals surface area contributed by atoms with Gasteiger partial charge in [0.05, 0.1) is 23.5 Å². The minimum Gasteiger partial charge on any atom is -0.353 e. The van der Waals surface area contributed by atoms with Gasteiger partial charge in [0.2, 0.25) is 0 Å². The lowest BCUT2D eigenvalue weighted by atomic mass is 10.0. The summed E-state index contributed by atoms with van der Waals surface area (Å²) in [4.78, 5) is 15.6. The van der Waals surface area contributed by atoms with Gasteiger partial charge in [-0.15, -0.1) is 11.3 Å². The minimum absolute atomic E-state index is 0.0592. The van der Waals surface area contributed by atoms with Crippen LogP contribution in [-0.2, 0) is 13.0 Å². The highest BCUT2D eigenvalue weighted by Crippen LogP contribution is 2.36. The van der Waals surface area contributed by atoms with Crippen molar-refractivity contribution in [1.29, 1.82) is 0 Å². The highest BCUT2D eigenvalue weighted by atomic mass is 32.1. The number of amides is 1. The van der Waals surface area contributed by atoms with Crippen LogP contribution < -0.4 is 15.5 Å². The van der Waals surface area contributed by atoms with Crippen molar-refractivity contribution in [2.24, 2.45) is 0 Å². The number of thiophene rings is 1. The van der Waals surface area contributed by atoms with Crippen molar-refractivity contribution >= 4 is 28.3 Å². The molecule has 2 aliphatic heterocycles. The third-order valence-corrected chi connectivity index (χ3v) is 5.97. The number of anilines is 1. The van der Waals surface area contributed by atoms with E-state index >= 15 is 0 Å². The molecule has 3 N–H and O–H groups in total. The normalized spacial score (nSPS) is 22.6. The molecule has 2 aliphatic rings. The first-order valence-corrected chi connectivity index (χ1v) is 9.35. The van der Waals surface area contributed by atoms with Crippen molar-refractivity contribution in [3.05, 3.63) is 58.0 Å². The number of carbonyl (C=O) groups is 1. The van der Waals surface area contributed by atoms with Gasteiger partial charge in [0.1, 0.15) is 17.7 Å². The SMILES string of the molecule is CC[NH+]1CCc2c(sc3c2C(=O)N[C@H](/C=C\c2ccccc2)N3)C1. The summed E-state index contributed by atoms with van der Waals surface area (Å²) < 4.78 is 0. The van der Waals surface area contributed by atoms with Crippen LogP contribution in [0.2, 0.25) is 0 Å². The van der Waals surface area contributed by atoms with Gasteiger partial charge >= 0.3 is 0 Å². The van der Waals surface area contributed by atoms with Gasteiger partial charge in [-0.1, -0.05) is 36.4 Å². The topological polar surface area (TPSA) is 45.6 Å². The molecule has 124 valence electrons. The molecule has 2 atom stereocenters. The van der Waals surface area contributed by atoms with Gasteiger partial charge in [-0.25, -0.2) is 0 Å². The molecule has 0 spiro atoms.